The van der Waals surface area contributed by atoms with Gasteiger partial charge in [-0.1, -0.05) is 44.2 Å². The van der Waals surface area contributed by atoms with E-state index in [2.05, 4.69) is 55.5 Å². The van der Waals surface area contributed by atoms with Gasteiger partial charge in [0.05, 0.1) is 6.10 Å². The third kappa shape index (κ3) is 6.94. The zero-order valence-corrected chi connectivity index (χ0v) is 14.6. The van der Waals surface area contributed by atoms with E-state index in [1.807, 2.05) is 18.2 Å². The van der Waals surface area contributed by atoms with Crippen molar-refractivity contribution in [1.82, 2.24) is 10.6 Å². The van der Waals surface area contributed by atoms with Crippen LogP contribution < -0.4 is 10.6 Å². The van der Waals surface area contributed by atoms with Crippen molar-refractivity contribution >= 4 is 5.96 Å². The molecular formula is C18H31N3O. The van der Waals surface area contributed by atoms with Crippen LogP contribution in [0.4, 0.5) is 0 Å². The summed E-state index contributed by atoms with van der Waals surface area (Å²) in [5.74, 6) is 1.44. The molecule has 0 bridgehead atoms. The number of hydrogen-bond acceptors (Lipinski definition) is 2. The molecule has 0 aliphatic carbocycles. The van der Waals surface area contributed by atoms with Gasteiger partial charge in [0, 0.05) is 26.2 Å². The van der Waals surface area contributed by atoms with Gasteiger partial charge < -0.3 is 15.4 Å². The van der Waals surface area contributed by atoms with E-state index >= 15 is 0 Å². The highest BCUT2D eigenvalue weighted by Crippen LogP contribution is 2.15. The Hall–Kier alpha value is -1.55. The predicted octanol–water partition coefficient (Wildman–Crippen LogP) is 3.36. The molecule has 0 aliphatic rings. The monoisotopic (exact) mass is 305 g/mol. The highest BCUT2D eigenvalue weighted by Gasteiger charge is 2.08. The minimum atomic E-state index is 0.139. The van der Waals surface area contributed by atoms with Crippen molar-refractivity contribution < 1.29 is 4.74 Å². The van der Waals surface area contributed by atoms with E-state index in [4.69, 9.17) is 4.74 Å². The van der Waals surface area contributed by atoms with Crippen molar-refractivity contribution in [2.75, 3.05) is 20.2 Å². The lowest BCUT2D eigenvalue weighted by Gasteiger charge is -2.21. The van der Waals surface area contributed by atoms with Crippen LogP contribution in [0.1, 0.15) is 45.8 Å². The van der Waals surface area contributed by atoms with Gasteiger partial charge in [-0.05, 0) is 31.7 Å². The highest BCUT2D eigenvalue weighted by molar-refractivity contribution is 5.79. The molecule has 2 N–H and O–H groups in total. The van der Waals surface area contributed by atoms with E-state index in [9.17, 15) is 0 Å². The summed E-state index contributed by atoms with van der Waals surface area (Å²) < 4.78 is 5.86. The molecule has 0 fully saturated rings. The van der Waals surface area contributed by atoms with E-state index in [1.54, 1.807) is 7.05 Å². The maximum atomic E-state index is 5.86. The molecule has 1 rings (SSSR count). The lowest BCUT2D eigenvalue weighted by atomic mass is 10.1. The fraction of sp³-hybridized carbons (Fsp3) is 0.611. The number of rotatable bonds is 8. The number of ether oxygens (including phenoxy) is 1. The highest BCUT2D eigenvalue weighted by atomic mass is 16.5. The number of hydrogen-bond donors (Lipinski definition) is 2. The summed E-state index contributed by atoms with van der Waals surface area (Å²) >= 11 is 0. The van der Waals surface area contributed by atoms with Gasteiger partial charge in [0.15, 0.2) is 5.96 Å². The molecule has 0 radical (unpaired) electrons. The molecule has 1 aromatic carbocycles. The topological polar surface area (TPSA) is 45.7 Å². The number of guanidine groups is 1. The SMILES string of the molecule is CN=C(NCCCOC(C)c1ccccc1)NC(C)C(C)C. The Labute approximate surface area is 135 Å². The average molecular weight is 305 g/mol. The fourth-order valence-corrected chi connectivity index (χ4v) is 1.94. The third-order valence-corrected chi connectivity index (χ3v) is 3.84. The zero-order valence-electron chi connectivity index (χ0n) is 14.6. The molecule has 2 atom stereocenters. The normalized spacial score (nSPS) is 14.7. The maximum absolute atomic E-state index is 5.86. The van der Waals surface area contributed by atoms with Gasteiger partial charge in [0.1, 0.15) is 0 Å². The molecule has 4 heteroatoms. The molecule has 0 saturated carbocycles. The predicted molar refractivity (Wildman–Crippen MR) is 94.2 cm³/mol. The molecule has 0 heterocycles. The summed E-state index contributed by atoms with van der Waals surface area (Å²) in [6.07, 6.45) is 1.09. The van der Waals surface area contributed by atoms with E-state index < -0.39 is 0 Å². The Morgan fingerprint density at radius 3 is 2.41 bits per heavy atom. The third-order valence-electron chi connectivity index (χ3n) is 3.84. The molecule has 0 spiro atoms. The second-order valence-corrected chi connectivity index (χ2v) is 5.95. The van der Waals surface area contributed by atoms with Crippen LogP contribution in [0, 0.1) is 5.92 Å². The molecule has 0 aliphatic heterocycles. The summed E-state index contributed by atoms with van der Waals surface area (Å²) in [5.41, 5.74) is 1.22. The molecular weight excluding hydrogens is 274 g/mol. The van der Waals surface area contributed by atoms with Crippen LogP contribution in [-0.4, -0.2) is 32.2 Å². The Balaban J connectivity index is 2.19. The molecule has 4 nitrogen and oxygen atoms in total. The number of nitrogens with one attached hydrogen (secondary N) is 2. The molecule has 2 unspecified atom stereocenters. The lowest BCUT2D eigenvalue weighted by molar-refractivity contribution is 0.0646. The second kappa shape index (κ2) is 10.2. The molecule has 0 amide bonds. The molecule has 1 aromatic rings. The summed E-state index contributed by atoms with van der Waals surface area (Å²) in [6.45, 7) is 10.2. The first kappa shape index (κ1) is 18.5. The summed E-state index contributed by atoms with van der Waals surface area (Å²) in [7, 11) is 1.80. The first-order valence-corrected chi connectivity index (χ1v) is 8.18. The van der Waals surface area contributed by atoms with Crippen LogP contribution in [0.25, 0.3) is 0 Å². The lowest BCUT2D eigenvalue weighted by Crippen LogP contribution is -2.44. The van der Waals surface area contributed by atoms with Crippen molar-refractivity contribution in [2.24, 2.45) is 10.9 Å². The van der Waals surface area contributed by atoms with E-state index in [0.29, 0.717) is 12.0 Å². The van der Waals surface area contributed by atoms with Crippen LogP contribution >= 0.6 is 0 Å². The summed E-state index contributed by atoms with van der Waals surface area (Å²) in [6, 6.07) is 10.7. The number of nitrogens with zero attached hydrogens (tertiary/aromatic N) is 1. The Bertz CT molecular complexity index is 431. The van der Waals surface area contributed by atoms with Crippen molar-refractivity contribution in [1.29, 1.82) is 0 Å². The van der Waals surface area contributed by atoms with E-state index in [1.165, 1.54) is 5.56 Å². The maximum Gasteiger partial charge on any atom is 0.191 e. The first-order chi connectivity index (χ1) is 10.5. The first-order valence-electron chi connectivity index (χ1n) is 8.18. The van der Waals surface area contributed by atoms with Gasteiger partial charge in [0.25, 0.3) is 0 Å². The smallest absolute Gasteiger partial charge is 0.191 e. The molecule has 0 aromatic heterocycles. The minimum Gasteiger partial charge on any atom is -0.374 e. The Morgan fingerprint density at radius 1 is 1.14 bits per heavy atom. The Kier molecular flexibility index (Phi) is 8.60. The van der Waals surface area contributed by atoms with Crippen molar-refractivity contribution in [3.63, 3.8) is 0 Å². The quantitative estimate of drug-likeness (QED) is 0.440. The van der Waals surface area contributed by atoms with Crippen LogP contribution in [0.2, 0.25) is 0 Å². The summed E-state index contributed by atoms with van der Waals surface area (Å²) in [5, 5.41) is 6.72. The van der Waals surface area contributed by atoms with Crippen molar-refractivity contribution in [2.45, 2.75) is 46.3 Å². The molecule has 124 valence electrons. The molecule has 22 heavy (non-hydrogen) atoms. The number of benzene rings is 1. The average Bonchev–Trinajstić information content (AvgIpc) is 2.53. The zero-order chi connectivity index (χ0) is 16.4. The van der Waals surface area contributed by atoms with E-state index in [-0.39, 0.29) is 6.10 Å². The van der Waals surface area contributed by atoms with Gasteiger partial charge >= 0.3 is 0 Å². The van der Waals surface area contributed by atoms with Crippen molar-refractivity contribution in [3.05, 3.63) is 35.9 Å². The van der Waals surface area contributed by atoms with Gasteiger partial charge in [-0.15, -0.1) is 0 Å². The number of aliphatic imine (C=N–C) groups is 1. The largest absolute Gasteiger partial charge is 0.374 e. The van der Waals surface area contributed by atoms with Gasteiger partial charge in [0.2, 0.25) is 0 Å². The van der Waals surface area contributed by atoms with Gasteiger partial charge in [-0.2, -0.15) is 0 Å². The van der Waals surface area contributed by atoms with E-state index in [0.717, 1.165) is 25.5 Å². The minimum absolute atomic E-state index is 0.139. The van der Waals surface area contributed by atoms with Crippen molar-refractivity contribution in [3.8, 4) is 0 Å². The van der Waals surface area contributed by atoms with Gasteiger partial charge in [-0.25, -0.2) is 0 Å². The van der Waals surface area contributed by atoms with Crippen LogP contribution in [0.3, 0.4) is 0 Å². The van der Waals surface area contributed by atoms with Gasteiger partial charge in [-0.3, -0.25) is 4.99 Å². The standard InChI is InChI=1S/C18H31N3O/c1-14(2)15(3)21-18(19-5)20-12-9-13-22-16(4)17-10-7-6-8-11-17/h6-8,10-11,14-16H,9,12-13H2,1-5H3,(H2,19,20,21). The fourth-order valence-electron chi connectivity index (χ4n) is 1.94. The van der Waals surface area contributed by atoms with Crippen LogP contribution in [0.5, 0.6) is 0 Å². The summed E-state index contributed by atoms with van der Waals surface area (Å²) in [4.78, 5) is 4.24. The second-order valence-electron chi connectivity index (χ2n) is 5.95. The van der Waals surface area contributed by atoms with Crippen LogP contribution in [-0.2, 0) is 4.74 Å². The Morgan fingerprint density at radius 2 is 1.82 bits per heavy atom. The van der Waals surface area contributed by atoms with Crippen LogP contribution in [0.15, 0.2) is 35.3 Å². The molecule has 0 saturated heterocycles.